The molecule has 200 valence electrons. The molecule has 2 aliphatic heterocycles. The molecule has 2 atom stereocenters. The van der Waals surface area contributed by atoms with E-state index in [-0.39, 0.29) is 24.1 Å². The third-order valence-corrected chi connectivity index (χ3v) is 7.20. The monoisotopic (exact) mass is 515 g/mol. The summed E-state index contributed by atoms with van der Waals surface area (Å²) in [7, 11) is 0. The first kappa shape index (κ1) is 25.8. The molecule has 8 heteroatoms. The number of benzene rings is 2. The van der Waals surface area contributed by atoms with Gasteiger partial charge in [0.15, 0.2) is 0 Å². The van der Waals surface area contributed by atoms with Gasteiger partial charge in [0.05, 0.1) is 24.5 Å². The number of imidazole rings is 1. The van der Waals surface area contributed by atoms with E-state index >= 15 is 0 Å². The number of nitrogens with zero attached hydrogens (tertiary/aromatic N) is 4. The fraction of sp³-hybridized carbons (Fsp3) is 0.433. The third-order valence-electron chi connectivity index (χ3n) is 7.20. The van der Waals surface area contributed by atoms with Crippen molar-refractivity contribution in [3.05, 3.63) is 66.1 Å². The summed E-state index contributed by atoms with van der Waals surface area (Å²) in [5.41, 5.74) is 4.78. The number of hydrogen-bond donors (Lipinski definition) is 1. The maximum Gasteiger partial charge on any atom is 0.410 e. The average molecular weight is 516 g/mol. The molecule has 0 fully saturated rings. The van der Waals surface area contributed by atoms with Crippen LogP contribution in [0.3, 0.4) is 0 Å². The lowest BCUT2D eigenvalue weighted by molar-refractivity contribution is -0.118. The summed E-state index contributed by atoms with van der Waals surface area (Å²) >= 11 is 0. The Balaban J connectivity index is 1.30. The van der Waals surface area contributed by atoms with E-state index < -0.39 is 5.60 Å². The molecule has 0 aliphatic carbocycles. The highest BCUT2D eigenvalue weighted by molar-refractivity contribution is 5.95. The van der Waals surface area contributed by atoms with Gasteiger partial charge in [0.25, 0.3) is 0 Å². The lowest BCUT2D eigenvalue weighted by atomic mass is 9.91. The number of aromatic nitrogens is 2. The average Bonchev–Trinajstić information content (AvgIpc) is 3.31. The zero-order valence-electron chi connectivity index (χ0n) is 22.9. The zero-order chi connectivity index (χ0) is 27.0. The Bertz CT molecular complexity index is 1320. The van der Waals surface area contributed by atoms with Crippen LogP contribution in [0.4, 0.5) is 16.2 Å². The van der Waals surface area contributed by atoms with Crippen molar-refractivity contribution in [1.82, 2.24) is 14.5 Å². The van der Waals surface area contributed by atoms with Crippen molar-refractivity contribution in [3.8, 4) is 11.3 Å². The summed E-state index contributed by atoms with van der Waals surface area (Å²) < 4.78 is 7.72. The summed E-state index contributed by atoms with van der Waals surface area (Å²) in [6, 6.07) is 16.8. The highest BCUT2D eigenvalue weighted by atomic mass is 16.6. The molecule has 3 aromatic rings. The van der Waals surface area contributed by atoms with Crippen LogP contribution in [-0.2, 0) is 22.6 Å². The molecule has 1 N–H and O–H groups in total. The molecule has 3 heterocycles. The Morgan fingerprint density at radius 2 is 1.82 bits per heavy atom. The molecule has 0 bridgehead atoms. The van der Waals surface area contributed by atoms with Gasteiger partial charge in [0, 0.05) is 36.9 Å². The van der Waals surface area contributed by atoms with Crippen LogP contribution < -0.4 is 10.2 Å². The van der Waals surface area contributed by atoms with Gasteiger partial charge in [-0.3, -0.25) is 9.69 Å². The highest BCUT2D eigenvalue weighted by Crippen LogP contribution is 2.39. The van der Waals surface area contributed by atoms with Gasteiger partial charge in [-0.1, -0.05) is 37.3 Å². The quantitative estimate of drug-likeness (QED) is 0.462. The number of fused-ring (bicyclic) bond motifs is 2. The van der Waals surface area contributed by atoms with Gasteiger partial charge in [-0.15, -0.1) is 0 Å². The summed E-state index contributed by atoms with van der Waals surface area (Å²) in [5.74, 6) is 1.02. The molecule has 8 nitrogen and oxygen atoms in total. The molecule has 2 aliphatic rings. The number of ether oxygens (including phenoxy) is 1. The topological polar surface area (TPSA) is 79.7 Å². The molecule has 2 aromatic carbocycles. The fourth-order valence-corrected chi connectivity index (χ4v) is 5.41. The van der Waals surface area contributed by atoms with Gasteiger partial charge < -0.3 is 19.5 Å². The van der Waals surface area contributed by atoms with E-state index in [9.17, 15) is 9.59 Å². The van der Waals surface area contributed by atoms with Crippen molar-refractivity contribution in [2.45, 2.75) is 78.2 Å². The SMILES string of the molecule is CCC(=O)N1c2ccccc2[C@H](Nc2ccc(-c3cnc4n3CCN(C(=O)OC(C)(C)C)C4)cc2)C[C@@H]1C. The van der Waals surface area contributed by atoms with Gasteiger partial charge in [0.2, 0.25) is 5.91 Å². The number of para-hydroxylation sites is 1. The van der Waals surface area contributed by atoms with Crippen LogP contribution in [0.5, 0.6) is 0 Å². The summed E-state index contributed by atoms with van der Waals surface area (Å²) in [6.07, 6.45) is 2.92. The van der Waals surface area contributed by atoms with E-state index in [1.54, 1.807) is 4.90 Å². The molecule has 0 saturated carbocycles. The summed E-state index contributed by atoms with van der Waals surface area (Å²) in [5, 5.41) is 3.70. The van der Waals surface area contributed by atoms with Crippen molar-refractivity contribution < 1.29 is 14.3 Å². The minimum atomic E-state index is -0.519. The number of nitrogens with one attached hydrogen (secondary N) is 1. The number of amides is 2. The Morgan fingerprint density at radius 3 is 2.53 bits per heavy atom. The predicted molar refractivity (Wildman–Crippen MR) is 149 cm³/mol. The second-order valence-corrected chi connectivity index (χ2v) is 11.1. The van der Waals surface area contributed by atoms with Gasteiger partial charge in [-0.25, -0.2) is 9.78 Å². The number of carbonyl (C=O) groups excluding carboxylic acids is 2. The predicted octanol–water partition coefficient (Wildman–Crippen LogP) is 5.99. The molecule has 1 aromatic heterocycles. The molecule has 0 spiro atoms. The van der Waals surface area contributed by atoms with Crippen LogP contribution in [0.1, 0.15) is 64.9 Å². The van der Waals surface area contributed by atoms with Gasteiger partial charge in [0.1, 0.15) is 11.4 Å². The van der Waals surface area contributed by atoms with Crippen LogP contribution >= 0.6 is 0 Å². The Morgan fingerprint density at radius 1 is 1.08 bits per heavy atom. The van der Waals surface area contributed by atoms with Crippen molar-refractivity contribution >= 4 is 23.4 Å². The fourth-order valence-electron chi connectivity index (χ4n) is 5.41. The van der Waals surface area contributed by atoms with E-state index in [1.165, 1.54) is 0 Å². The van der Waals surface area contributed by atoms with E-state index in [1.807, 2.05) is 57.0 Å². The molecule has 0 unspecified atom stereocenters. The van der Waals surface area contributed by atoms with Crippen molar-refractivity contribution in [1.29, 1.82) is 0 Å². The van der Waals surface area contributed by atoms with Gasteiger partial charge >= 0.3 is 6.09 Å². The lowest BCUT2D eigenvalue weighted by Gasteiger charge is -2.40. The number of carbonyl (C=O) groups is 2. The van der Waals surface area contributed by atoms with E-state index in [2.05, 4.69) is 52.1 Å². The van der Waals surface area contributed by atoms with E-state index in [0.29, 0.717) is 26.1 Å². The Hall–Kier alpha value is -3.81. The number of rotatable bonds is 4. The summed E-state index contributed by atoms with van der Waals surface area (Å²) in [6.45, 7) is 11.4. The number of hydrogen-bond acceptors (Lipinski definition) is 5. The van der Waals surface area contributed by atoms with Crippen molar-refractivity contribution in [2.24, 2.45) is 0 Å². The molecule has 2 amide bonds. The van der Waals surface area contributed by atoms with Crippen molar-refractivity contribution in [2.75, 3.05) is 16.8 Å². The summed E-state index contributed by atoms with van der Waals surface area (Å²) in [4.78, 5) is 33.4. The van der Waals surface area contributed by atoms with Crippen LogP contribution in [0.25, 0.3) is 11.3 Å². The first-order chi connectivity index (χ1) is 18.1. The molecular weight excluding hydrogens is 478 g/mol. The van der Waals surface area contributed by atoms with Crippen LogP contribution in [0.2, 0.25) is 0 Å². The van der Waals surface area contributed by atoms with Crippen molar-refractivity contribution in [3.63, 3.8) is 0 Å². The third kappa shape index (κ3) is 5.12. The lowest BCUT2D eigenvalue weighted by Crippen LogP contribution is -2.44. The van der Waals surface area contributed by atoms with Gasteiger partial charge in [-0.05, 0) is 63.4 Å². The number of anilines is 2. The largest absolute Gasteiger partial charge is 0.444 e. The molecule has 5 rings (SSSR count). The molecule has 0 saturated heterocycles. The first-order valence-corrected chi connectivity index (χ1v) is 13.4. The minimum Gasteiger partial charge on any atom is -0.444 e. The maximum atomic E-state index is 12.6. The zero-order valence-corrected chi connectivity index (χ0v) is 22.9. The molecule has 0 radical (unpaired) electrons. The molecular formula is C30H37N5O3. The van der Waals surface area contributed by atoms with Crippen LogP contribution in [-0.4, -0.2) is 44.6 Å². The highest BCUT2D eigenvalue weighted by Gasteiger charge is 2.33. The van der Waals surface area contributed by atoms with E-state index in [0.717, 1.165) is 40.4 Å². The standard InChI is InChI=1S/C30H37N5O3/c1-6-28(36)35-20(2)17-24(23-9-7-8-10-25(23)35)32-22-13-11-21(12-14-22)26-18-31-27-19-33(15-16-34(26)27)29(37)38-30(3,4)5/h7-14,18,20,24,32H,6,15-17,19H2,1-5H3/t20-,24+/m0/s1. The van der Waals surface area contributed by atoms with Crippen LogP contribution in [0.15, 0.2) is 54.7 Å². The normalized spacial score (nSPS) is 19.0. The Labute approximate surface area is 224 Å². The van der Waals surface area contributed by atoms with E-state index in [4.69, 9.17) is 4.74 Å². The van der Waals surface area contributed by atoms with Crippen LogP contribution in [0, 0.1) is 0 Å². The first-order valence-electron chi connectivity index (χ1n) is 13.4. The Kier molecular flexibility index (Phi) is 6.90. The minimum absolute atomic E-state index is 0.118. The maximum absolute atomic E-state index is 12.6. The van der Waals surface area contributed by atoms with Gasteiger partial charge in [-0.2, -0.15) is 0 Å². The smallest absolute Gasteiger partial charge is 0.410 e. The second-order valence-electron chi connectivity index (χ2n) is 11.1. The second kappa shape index (κ2) is 10.2. The molecule has 38 heavy (non-hydrogen) atoms.